The SMILES string of the molecule is COc1cc(OC)cc(N(CCCNCCCC(S)CCCl)c2ccc3ncc(-c4cnn(C)c4)nc3c2)c1. The van der Waals surface area contributed by atoms with Crippen molar-refractivity contribution in [3.8, 4) is 22.8 Å². The number of anilines is 2. The third-order valence-corrected chi connectivity index (χ3v) is 7.29. The van der Waals surface area contributed by atoms with Gasteiger partial charge in [0.25, 0.3) is 0 Å². The molecule has 0 aliphatic carbocycles. The second kappa shape index (κ2) is 14.4. The second-order valence-electron chi connectivity index (χ2n) is 9.43. The molecule has 2 heterocycles. The number of methoxy groups -OCH3 is 2. The Morgan fingerprint density at radius 2 is 1.74 bits per heavy atom. The van der Waals surface area contributed by atoms with E-state index in [9.17, 15) is 0 Å². The smallest absolute Gasteiger partial charge is 0.124 e. The highest BCUT2D eigenvalue weighted by atomic mass is 35.5. The highest BCUT2D eigenvalue weighted by molar-refractivity contribution is 7.80. The summed E-state index contributed by atoms with van der Waals surface area (Å²) in [6, 6.07) is 12.1. The molecular formula is C29H37ClN6O2S. The number of fused-ring (bicyclic) bond motifs is 1. The van der Waals surface area contributed by atoms with Crippen LogP contribution >= 0.6 is 24.2 Å². The third-order valence-electron chi connectivity index (χ3n) is 6.55. The number of benzene rings is 2. The van der Waals surface area contributed by atoms with E-state index in [-0.39, 0.29) is 0 Å². The van der Waals surface area contributed by atoms with Crippen molar-refractivity contribution >= 4 is 46.6 Å². The van der Waals surface area contributed by atoms with Crippen LogP contribution in [0.5, 0.6) is 11.5 Å². The van der Waals surface area contributed by atoms with E-state index < -0.39 is 0 Å². The summed E-state index contributed by atoms with van der Waals surface area (Å²) in [6.45, 7) is 2.67. The summed E-state index contributed by atoms with van der Waals surface area (Å²) < 4.78 is 12.9. The van der Waals surface area contributed by atoms with Crippen molar-refractivity contribution in [2.45, 2.75) is 30.9 Å². The van der Waals surface area contributed by atoms with Gasteiger partial charge in [-0.15, -0.1) is 11.6 Å². The Morgan fingerprint density at radius 3 is 2.44 bits per heavy atom. The number of halogens is 1. The first-order chi connectivity index (χ1) is 19.0. The zero-order valence-electron chi connectivity index (χ0n) is 22.8. The number of alkyl halides is 1. The number of thiol groups is 1. The minimum absolute atomic E-state index is 0.373. The van der Waals surface area contributed by atoms with Crippen LogP contribution in [0, 0.1) is 0 Å². The van der Waals surface area contributed by atoms with Gasteiger partial charge in [-0.05, 0) is 57.0 Å². The van der Waals surface area contributed by atoms with Crippen molar-refractivity contribution < 1.29 is 9.47 Å². The van der Waals surface area contributed by atoms with Gasteiger partial charge in [0.15, 0.2) is 0 Å². The van der Waals surface area contributed by atoms with Crippen molar-refractivity contribution in [1.29, 1.82) is 0 Å². The molecule has 0 aliphatic rings. The summed E-state index contributed by atoms with van der Waals surface area (Å²) >= 11 is 10.4. The Balaban J connectivity index is 1.54. The monoisotopic (exact) mass is 568 g/mol. The standard InChI is InChI=1S/C29H37ClN6O2S/c1-35-20-21(18-33-35)29-19-32-27-8-7-22(16-28(27)34-29)36(23-14-24(37-2)17-25(15-23)38-3)13-5-12-31-11-4-6-26(39)9-10-30/h7-8,14-20,26,31,39H,4-6,9-13H2,1-3H3. The van der Waals surface area contributed by atoms with Crippen molar-refractivity contribution in [2.75, 3.05) is 44.6 Å². The zero-order valence-corrected chi connectivity index (χ0v) is 24.5. The van der Waals surface area contributed by atoms with E-state index in [0.29, 0.717) is 11.1 Å². The molecule has 2 aromatic heterocycles. The van der Waals surface area contributed by atoms with Gasteiger partial charge in [-0.3, -0.25) is 9.67 Å². The molecule has 0 bridgehead atoms. The van der Waals surface area contributed by atoms with Crippen molar-refractivity contribution in [1.82, 2.24) is 25.1 Å². The zero-order chi connectivity index (χ0) is 27.6. The molecule has 1 atom stereocenters. The molecule has 0 saturated heterocycles. The Bertz CT molecular complexity index is 1330. The molecule has 8 nitrogen and oxygen atoms in total. The van der Waals surface area contributed by atoms with E-state index in [0.717, 1.165) is 90.5 Å². The Morgan fingerprint density at radius 1 is 0.974 bits per heavy atom. The molecule has 1 unspecified atom stereocenters. The number of ether oxygens (including phenoxy) is 2. The van der Waals surface area contributed by atoms with Crippen molar-refractivity contribution in [2.24, 2.45) is 7.05 Å². The lowest BCUT2D eigenvalue weighted by Crippen LogP contribution is -2.24. The summed E-state index contributed by atoms with van der Waals surface area (Å²) in [5.74, 6) is 2.15. The number of aromatic nitrogens is 4. The van der Waals surface area contributed by atoms with Gasteiger partial charge in [-0.25, -0.2) is 4.98 Å². The Labute approximate surface area is 241 Å². The van der Waals surface area contributed by atoms with Crippen LogP contribution in [0.15, 0.2) is 55.0 Å². The largest absolute Gasteiger partial charge is 0.497 e. The molecule has 2 aromatic carbocycles. The lowest BCUT2D eigenvalue weighted by Gasteiger charge is -2.26. The van der Waals surface area contributed by atoms with Crippen LogP contribution in [0.2, 0.25) is 0 Å². The number of rotatable bonds is 15. The van der Waals surface area contributed by atoms with Crippen LogP contribution in [0.1, 0.15) is 25.7 Å². The molecule has 39 heavy (non-hydrogen) atoms. The number of aryl methyl sites for hydroxylation is 1. The summed E-state index contributed by atoms with van der Waals surface area (Å²) in [6.07, 6.45) is 9.59. The minimum atomic E-state index is 0.373. The molecule has 0 fully saturated rings. The van der Waals surface area contributed by atoms with Crippen LogP contribution in [0.3, 0.4) is 0 Å². The third kappa shape index (κ3) is 8.00. The first-order valence-corrected chi connectivity index (χ1v) is 14.3. The van der Waals surface area contributed by atoms with Crippen LogP contribution in [-0.4, -0.2) is 64.7 Å². The number of hydrogen-bond acceptors (Lipinski definition) is 8. The predicted octanol–water partition coefficient (Wildman–Crippen LogP) is 5.87. The minimum Gasteiger partial charge on any atom is -0.497 e. The number of hydrogen-bond donors (Lipinski definition) is 2. The van der Waals surface area contributed by atoms with E-state index >= 15 is 0 Å². The summed E-state index contributed by atoms with van der Waals surface area (Å²) in [5, 5.41) is 8.21. The number of nitrogens with one attached hydrogen (secondary N) is 1. The van der Waals surface area contributed by atoms with E-state index in [4.69, 9.17) is 26.1 Å². The average molecular weight is 569 g/mol. The fraction of sp³-hybridized carbons (Fsp3) is 0.414. The molecular weight excluding hydrogens is 532 g/mol. The molecule has 0 aliphatic heterocycles. The van der Waals surface area contributed by atoms with Crippen LogP contribution in [-0.2, 0) is 7.05 Å². The first kappa shape index (κ1) is 29.0. The molecule has 10 heteroatoms. The van der Waals surface area contributed by atoms with Gasteiger partial charge in [-0.2, -0.15) is 17.7 Å². The average Bonchev–Trinajstić information content (AvgIpc) is 3.40. The van der Waals surface area contributed by atoms with E-state index in [1.807, 2.05) is 37.5 Å². The molecule has 0 saturated carbocycles. The Kier molecular flexibility index (Phi) is 10.7. The summed E-state index contributed by atoms with van der Waals surface area (Å²) in [5.41, 5.74) is 5.40. The van der Waals surface area contributed by atoms with Crippen LogP contribution in [0.4, 0.5) is 11.4 Å². The maximum atomic E-state index is 5.82. The first-order valence-electron chi connectivity index (χ1n) is 13.2. The van der Waals surface area contributed by atoms with Gasteiger partial charge in [0, 0.05) is 66.1 Å². The topological polar surface area (TPSA) is 77.3 Å². The fourth-order valence-electron chi connectivity index (χ4n) is 4.44. The summed E-state index contributed by atoms with van der Waals surface area (Å²) in [7, 11) is 5.23. The van der Waals surface area contributed by atoms with Crippen LogP contribution < -0.4 is 19.7 Å². The molecule has 4 aromatic rings. The van der Waals surface area contributed by atoms with Gasteiger partial charge in [0.1, 0.15) is 11.5 Å². The van der Waals surface area contributed by atoms with Crippen molar-refractivity contribution in [3.05, 3.63) is 55.0 Å². The second-order valence-corrected chi connectivity index (χ2v) is 10.5. The molecule has 1 N–H and O–H groups in total. The van der Waals surface area contributed by atoms with E-state index in [1.54, 1.807) is 31.3 Å². The molecule has 0 spiro atoms. The maximum absolute atomic E-state index is 5.82. The lowest BCUT2D eigenvalue weighted by molar-refractivity contribution is 0.394. The maximum Gasteiger partial charge on any atom is 0.124 e. The highest BCUT2D eigenvalue weighted by Crippen LogP contribution is 2.34. The van der Waals surface area contributed by atoms with Gasteiger partial charge in [-0.1, -0.05) is 0 Å². The summed E-state index contributed by atoms with van der Waals surface area (Å²) in [4.78, 5) is 11.8. The van der Waals surface area contributed by atoms with Crippen LogP contribution in [0.25, 0.3) is 22.3 Å². The van der Waals surface area contributed by atoms with Gasteiger partial charge >= 0.3 is 0 Å². The lowest BCUT2D eigenvalue weighted by atomic mass is 10.1. The Hall–Kier alpha value is -3.01. The molecule has 208 valence electrons. The molecule has 0 amide bonds. The quantitative estimate of drug-likeness (QED) is 0.105. The predicted molar refractivity (Wildman–Crippen MR) is 163 cm³/mol. The molecule has 0 radical (unpaired) electrons. The molecule has 4 rings (SSSR count). The van der Waals surface area contributed by atoms with Gasteiger partial charge < -0.3 is 19.7 Å². The van der Waals surface area contributed by atoms with Gasteiger partial charge in [0.05, 0.1) is 43.3 Å². The van der Waals surface area contributed by atoms with Crippen molar-refractivity contribution in [3.63, 3.8) is 0 Å². The van der Waals surface area contributed by atoms with Gasteiger partial charge in [0.2, 0.25) is 0 Å². The normalized spacial score (nSPS) is 12.0. The van der Waals surface area contributed by atoms with E-state index in [1.165, 1.54) is 0 Å². The fourth-order valence-corrected chi connectivity index (χ4v) is 5.16. The number of nitrogens with zero attached hydrogens (tertiary/aromatic N) is 5. The highest BCUT2D eigenvalue weighted by Gasteiger charge is 2.15. The van der Waals surface area contributed by atoms with E-state index in [2.05, 4.69) is 45.1 Å².